The molecule has 0 saturated carbocycles. The van der Waals surface area contributed by atoms with Gasteiger partial charge in [0.05, 0.1) is 19.8 Å². The van der Waals surface area contributed by atoms with Gasteiger partial charge in [0, 0.05) is 6.54 Å². The van der Waals surface area contributed by atoms with E-state index in [-0.39, 0.29) is 5.91 Å². The van der Waals surface area contributed by atoms with Crippen LogP contribution in [0.4, 0.5) is 0 Å². The number of hydrogen-bond acceptors (Lipinski definition) is 3. The van der Waals surface area contributed by atoms with Gasteiger partial charge in [0.2, 0.25) is 0 Å². The van der Waals surface area contributed by atoms with Crippen LogP contribution in [0.25, 0.3) is 21.5 Å². The predicted molar refractivity (Wildman–Crippen MR) is 85.7 cm³/mol. The molecule has 0 unspecified atom stereocenters. The monoisotopic (exact) mass is 293 g/mol. The fourth-order valence-corrected chi connectivity index (χ4v) is 3.29. The van der Waals surface area contributed by atoms with Gasteiger partial charge in [-0.2, -0.15) is 0 Å². The van der Waals surface area contributed by atoms with Crippen LogP contribution in [0.1, 0.15) is 15.9 Å². The van der Waals surface area contributed by atoms with E-state index in [1.807, 2.05) is 24.3 Å². The van der Waals surface area contributed by atoms with Crippen LogP contribution in [0.5, 0.6) is 11.5 Å². The average molecular weight is 293 g/mol. The number of ether oxygens (including phenoxy) is 2. The van der Waals surface area contributed by atoms with Gasteiger partial charge < -0.3 is 14.8 Å². The summed E-state index contributed by atoms with van der Waals surface area (Å²) in [7, 11) is 3.22. The molecule has 0 atom stereocenters. The fraction of sp³-hybridized carbons (Fsp3) is 0.167. The van der Waals surface area contributed by atoms with Gasteiger partial charge >= 0.3 is 0 Å². The highest BCUT2D eigenvalue weighted by atomic mass is 16.5. The third-order valence-electron chi connectivity index (χ3n) is 4.29. The Morgan fingerprint density at radius 1 is 0.909 bits per heavy atom. The van der Waals surface area contributed by atoms with Crippen molar-refractivity contribution in [3.8, 4) is 11.5 Å². The molecule has 0 aliphatic carbocycles. The molecule has 4 rings (SSSR count). The second kappa shape index (κ2) is 4.63. The average Bonchev–Trinajstić information content (AvgIpc) is 2.96. The van der Waals surface area contributed by atoms with E-state index in [1.165, 1.54) is 0 Å². The molecule has 0 aromatic heterocycles. The number of rotatable bonds is 2. The van der Waals surface area contributed by atoms with Crippen molar-refractivity contribution in [1.82, 2.24) is 5.32 Å². The summed E-state index contributed by atoms with van der Waals surface area (Å²) < 4.78 is 10.8. The molecule has 0 spiro atoms. The predicted octanol–water partition coefficient (Wildman–Crippen LogP) is 3.25. The first kappa shape index (κ1) is 13.0. The summed E-state index contributed by atoms with van der Waals surface area (Å²) in [4.78, 5) is 12.3. The smallest absolute Gasteiger partial charge is 0.252 e. The summed E-state index contributed by atoms with van der Waals surface area (Å²) in [6, 6.07) is 12.0. The largest absolute Gasteiger partial charge is 0.493 e. The minimum atomic E-state index is -0.0297. The quantitative estimate of drug-likeness (QED) is 0.738. The van der Waals surface area contributed by atoms with Crippen LogP contribution in [-0.2, 0) is 6.54 Å². The zero-order chi connectivity index (χ0) is 15.3. The number of benzene rings is 3. The summed E-state index contributed by atoms with van der Waals surface area (Å²) >= 11 is 0. The third-order valence-corrected chi connectivity index (χ3v) is 4.29. The maximum Gasteiger partial charge on any atom is 0.252 e. The van der Waals surface area contributed by atoms with Crippen LogP contribution in [0.2, 0.25) is 0 Å². The molecule has 1 N–H and O–H groups in total. The van der Waals surface area contributed by atoms with Crippen molar-refractivity contribution in [3.63, 3.8) is 0 Å². The highest BCUT2D eigenvalue weighted by Crippen LogP contribution is 2.40. The molecule has 4 nitrogen and oxygen atoms in total. The van der Waals surface area contributed by atoms with Crippen LogP contribution < -0.4 is 14.8 Å². The molecule has 3 aromatic rings. The first-order valence-electron chi connectivity index (χ1n) is 7.12. The number of methoxy groups -OCH3 is 2. The normalized spacial score (nSPS) is 13.3. The van der Waals surface area contributed by atoms with Crippen LogP contribution in [0, 0.1) is 0 Å². The van der Waals surface area contributed by atoms with Crippen LogP contribution >= 0.6 is 0 Å². The van der Waals surface area contributed by atoms with Crippen molar-refractivity contribution in [3.05, 3.63) is 47.5 Å². The number of hydrogen-bond donors (Lipinski definition) is 1. The zero-order valence-corrected chi connectivity index (χ0v) is 12.4. The van der Waals surface area contributed by atoms with Crippen molar-refractivity contribution in [1.29, 1.82) is 0 Å². The molecule has 22 heavy (non-hydrogen) atoms. The summed E-state index contributed by atoms with van der Waals surface area (Å²) in [6.45, 7) is 0.568. The summed E-state index contributed by atoms with van der Waals surface area (Å²) in [5.41, 5.74) is 1.80. The Bertz CT molecular complexity index is 931. The Morgan fingerprint density at radius 2 is 1.55 bits per heavy atom. The van der Waals surface area contributed by atoms with Gasteiger partial charge in [0.1, 0.15) is 0 Å². The SMILES string of the molecule is COc1cc2c3c(c4ccccc4c2cc1OC)CNC3=O. The lowest BCUT2D eigenvalue weighted by molar-refractivity contribution is 0.0967. The van der Waals surface area contributed by atoms with E-state index in [4.69, 9.17) is 9.47 Å². The highest BCUT2D eigenvalue weighted by Gasteiger charge is 2.25. The molecular formula is C18H15NO3. The van der Waals surface area contributed by atoms with Crippen molar-refractivity contribution in [2.24, 2.45) is 0 Å². The first-order chi connectivity index (χ1) is 10.7. The van der Waals surface area contributed by atoms with Crippen molar-refractivity contribution in [2.45, 2.75) is 6.54 Å². The van der Waals surface area contributed by atoms with E-state index in [9.17, 15) is 4.79 Å². The highest BCUT2D eigenvalue weighted by molar-refractivity contribution is 6.21. The second-order valence-corrected chi connectivity index (χ2v) is 5.33. The number of fused-ring (bicyclic) bond motifs is 6. The molecule has 1 heterocycles. The fourth-order valence-electron chi connectivity index (χ4n) is 3.29. The molecule has 4 heteroatoms. The number of amides is 1. The Labute approximate surface area is 127 Å². The molecule has 1 amide bonds. The minimum absolute atomic E-state index is 0.0297. The van der Waals surface area contributed by atoms with Crippen LogP contribution in [0.15, 0.2) is 36.4 Å². The lowest BCUT2D eigenvalue weighted by Crippen LogP contribution is -2.12. The second-order valence-electron chi connectivity index (χ2n) is 5.33. The van der Waals surface area contributed by atoms with Gasteiger partial charge in [-0.1, -0.05) is 24.3 Å². The third kappa shape index (κ3) is 1.61. The van der Waals surface area contributed by atoms with E-state index in [0.717, 1.165) is 32.7 Å². The van der Waals surface area contributed by atoms with E-state index >= 15 is 0 Å². The molecule has 1 aliphatic rings. The first-order valence-corrected chi connectivity index (χ1v) is 7.12. The van der Waals surface area contributed by atoms with Gasteiger partial charge in [-0.25, -0.2) is 0 Å². The molecule has 1 aliphatic heterocycles. The molecule has 110 valence electrons. The summed E-state index contributed by atoms with van der Waals surface area (Å²) in [5, 5.41) is 7.06. The number of nitrogens with one attached hydrogen (secondary N) is 1. The van der Waals surface area contributed by atoms with Gasteiger partial charge in [-0.05, 0) is 39.2 Å². The van der Waals surface area contributed by atoms with Gasteiger partial charge in [-0.15, -0.1) is 0 Å². The Morgan fingerprint density at radius 3 is 2.23 bits per heavy atom. The molecule has 0 fully saturated rings. The van der Waals surface area contributed by atoms with Crippen molar-refractivity contribution in [2.75, 3.05) is 14.2 Å². The standard InChI is InChI=1S/C18H15NO3/c1-21-15-7-12-10-5-3-4-6-11(10)14-9-19-18(20)17(14)13(12)8-16(15)22-2/h3-8H,9H2,1-2H3,(H,19,20). The maximum atomic E-state index is 12.3. The van der Waals surface area contributed by atoms with Crippen LogP contribution in [-0.4, -0.2) is 20.1 Å². The lowest BCUT2D eigenvalue weighted by Gasteiger charge is -2.14. The Hall–Kier alpha value is -2.75. The molecule has 0 saturated heterocycles. The van der Waals surface area contributed by atoms with E-state index in [1.54, 1.807) is 14.2 Å². The summed E-state index contributed by atoms with van der Waals surface area (Å²) in [6.07, 6.45) is 0. The maximum absolute atomic E-state index is 12.3. The Balaban J connectivity index is 2.25. The van der Waals surface area contributed by atoms with Gasteiger partial charge in [0.25, 0.3) is 5.91 Å². The Kier molecular flexibility index (Phi) is 2.73. The van der Waals surface area contributed by atoms with Crippen molar-refractivity contribution >= 4 is 27.5 Å². The summed E-state index contributed by atoms with van der Waals surface area (Å²) in [5.74, 6) is 1.27. The van der Waals surface area contributed by atoms with E-state index in [2.05, 4.69) is 17.4 Å². The molecule has 0 radical (unpaired) electrons. The van der Waals surface area contributed by atoms with Crippen LogP contribution in [0.3, 0.4) is 0 Å². The van der Waals surface area contributed by atoms with E-state index < -0.39 is 0 Å². The minimum Gasteiger partial charge on any atom is -0.493 e. The van der Waals surface area contributed by atoms with E-state index in [0.29, 0.717) is 18.0 Å². The lowest BCUT2D eigenvalue weighted by atomic mass is 9.92. The molecule has 3 aromatic carbocycles. The number of carbonyl (C=O) groups excluding carboxylic acids is 1. The number of carbonyl (C=O) groups is 1. The van der Waals surface area contributed by atoms with Crippen molar-refractivity contribution < 1.29 is 14.3 Å². The molecule has 0 bridgehead atoms. The topological polar surface area (TPSA) is 47.6 Å². The van der Waals surface area contributed by atoms with Gasteiger partial charge in [-0.3, -0.25) is 4.79 Å². The molecular weight excluding hydrogens is 278 g/mol. The zero-order valence-electron chi connectivity index (χ0n) is 12.4. The van der Waals surface area contributed by atoms with Gasteiger partial charge in [0.15, 0.2) is 11.5 Å².